The van der Waals surface area contributed by atoms with E-state index in [9.17, 15) is 39.5 Å². The molecule has 0 saturated carbocycles. The maximum Gasteiger partial charge on any atom is 0.490 e. The van der Waals surface area contributed by atoms with Crippen LogP contribution in [0.4, 0.5) is 39.5 Å². The molecule has 2 aliphatic rings. The van der Waals surface area contributed by atoms with Crippen LogP contribution in [-0.4, -0.2) is 106 Å². The van der Waals surface area contributed by atoms with Gasteiger partial charge in [-0.05, 0) is 44.2 Å². The lowest BCUT2D eigenvalue weighted by Gasteiger charge is -2.31. The molecule has 2 aromatic heterocycles. The van der Waals surface area contributed by atoms with Gasteiger partial charge in [-0.3, -0.25) is 14.8 Å². The number of hydrogen-bond donors (Lipinski definition) is 3. The van der Waals surface area contributed by atoms with Crippen LogP contribution in [0.15, 0.2) is 41.0 Å². The Bertz CT molecular complexity index is 1200. The van der Waals surface area contributed by atoms with Gasteiger partial charge in [0.25, 0.3) is 0 Å². The molecule has 0 aliphatic carbocycles. The standard InChI is InChI=1S/C20H27N3O2.3C2HF3O2/c1-17-4-2-5-18(21-17)12-23-9-11-24-16-20(15-23)7-8-22(14-20)13-19-6-3-10-25-19;3*3-2(4,5)1(6)7/h2-6,10H,7-9,11-16H2,1H3;3*(H,6,7). The van der Waals surface area contributed by atoms with Gasteiger partial charge in [-0.1, -0.05) is 6.07 Å². The number of nitrogens with zero attached hydrogens (tertiary/aromatic N) is 3. The molecule has 1 spiro atoms. The minimum Gasteiger partial charge on any atom is -0.475 e. The van der Waals surface area contributed by atoms with E-state index in [4.69, 9.17) is 38.9 Å². The highest BCUT2D eigenvalue weighted by molar-refractivity contribution is 5.73. The van der Waals surface area contributed by atoms with Gasteiger partial charge in [0.2, 0.25) is 0 Å². The number of ether oxygens (including phenoxy) is 1. The van der Waals surface area contributed by atoms with E-state index in [-0.39, 0.29) is 5.41 Å². The van der Waals surface area contributed by atoms with E-state index in [2.05, 4.69) is 46.0 Å². The molecule has 0 bridgehead atoms. The van der Waals surface area contributed by atoms with E-state index in [1.54, 1.807) is 6.26 Å². The van der Waals surface area contributed by atoms with Gasteiger partial charge in [-0.15, -0.1) is 0 Å². The molecule has 260 valence electrons. The summed E-state index contributed by atoms with van der Waals surface area (Å²) in [6.45, 7) is 9.78. The Labute approximate surface area is 255 Å². The van der Waals surface area contributed by atoms with Crippen molar-refractivity contribution in [2.75, 3.05) is 39.4 Å². The van der Waals surface area contributed by atoms with Gasteiger partial charge in [-0.25, -0.2) is 14.4 Å². The number of carbonyl (C=O) groups is 3. The molecule has 0 amide bonds. The molecule has 2 fully saturated rings. The maximum absolute atomic E-state index is 10.6. The van der Waals surface area contributed by atoms with Gasteiger partial charge in [0, 0.05) is 37.3 Å². The SMILES string of the molecule is Cc1cccc(CN2CCOCC3(CCN(Cc4ccco4)C3)C2)n1.O=C(O)C(F)(F)F.O=C(O)C(F)(F)F.O=C(O)C(F)(F)F. The average Bonchev–Trinajstić information content (AvgIpc) is 3.51. The molecule has 4 rings (SSSR count). The molecule has 2 aliphatic heterocycles. The van der Waals surface area contributed by atoms with Gasteiger partial charge >= 0.3 is 36.4 Å². The maximum atomic E-state index is 10.6. The van der Waals surface area contributed by atoms with Gasteiger partial charge in [0.05, 0.1) is 31.7 Å². The summed E-state index contributed by atoms with van der Waals surface area (Å²) in [6.07, 6.45) is -12.3. The van der Waals surface area contributed by atoms with Crippen molar-refractivity contribution in [3.63, 3.8) is 0 Å². The van der Waals surface area contributed by atoms with Crippen LogP contribution in [0.2, 0.25) is 0 Å². The smallest absolute Gasteiger partial charge is 0.475 e. The highest BCUT2D eigenvalue weighted by Gasteiger charge is 2.42. The molecule has 2 aromatic rings. The fraction of sp³-hybridized carbons (Fsp3) is 0.538. The minimum absolute atomic E-state index is 0.229. The van der Waals surface area contributed by atoms with Crippen LogP contribution < -0.4 is 0 Å². The number of rotatable bonds is 4. The molecule has 20 heteroatoms. The van der Waals surface area contributed by atoms with Gasteiger partial charge < -0.3 is 24.5 Å². The normalized spacial score (nSPS) is 19.0. The van der Waals surface area contributed by atoms with Gasteiger partial charge in [0.15, 0.2) is 0 Å². The van der Waals surface area contributed by atoms with Crippen LogP contribution in [0.5, 0.6) is 0 Å². The van der Waals surface area contributed by atoms with E-state index in [1.165, 1.54) is 6.42 Å². The van der Waals surface area contributed by atoms with Crippen LogP contribution in [0.25, 0.3) is 0 Å². The van der Waals surface area contributed by atoms with E-state index >= 15 is 0 Å². The largest absolute Gasteiger partial charge is 0.490 e. The molecule has 2 saturated heterocycles. The van der Waals surface area contributed by atoms with Gasteiger partial charge in [0.1, 0.15) is 5.76 Å². The van der Waals surface area contributed by atoms with Gasteiger partial charge in [-0.2, -0.15) is 39.5 Å². The van der Waals surface area contributed by atoms with Crippen molar-refractivity contribution in [2.45, 2.75) is 45.0 Å². The van der Waals surface area contributed by atoms with Crippen LogP contribution >= 0.6 is 0 Å². The predicted molar refractivity (Wildman–Crippen MR) is 137 cm³/mol. The van der Waals surface area contributed by atoms with E-state index in [0.29, 0.717) is 0 Å². The summed E-state index contributed by atoms with van der Waals surface area (Å²) in [4.78, 5) is 36.4. The minimum atomic E-state index is -5.08. The quantitative estimate of drug-likeness (QED) is 0.388. The van der Waals surface area contributed by atoms with Crippen LogP contribution in [0.3, 0.4) is 0 Å². The second-order valence-electron chi connectivity index (χ2n) is 9.98. The third-order valence-corrected chi connectivity index (χ3v) is 6.06. The molecule has 0 radical (unpaired) electrons. The van der Waals surface area contributed by atoms with Crippen molar-refractivity contribution < 1.29 is 78.4 Å². The highest BCUT2D eigenvalue weighted by Crippen LogP contribution is 2.34. The molecule has 11 nitrogen and oxygen atoms in total. The third-order valence-electron chi connectivity index (χ3n) is 6.06. The first-order chi connectivity index (χ1) is 21.0. The Hall–Kier alpha value is -3.91. The molecule has 0 aromatic carbocycles. The Morgan fingerprint density at radius 3 is 1.74 bits per heavy atom. The lowest BCUT2D eigenvalue weighted by atomic mass is 9.87. The fourth-order valence-corrected chi connectivity index (χ4v) is 4.17. The zero-order valence-electron chi connectivity index (χ0n) is 24.0. The summed E-state index contributed by atoms with van der Waals surface area (Å²) < 4.78 is 107. The molecule has 4 heterocycles. The first-order valence-electron chi connectivity index (χ1n) is 12.9. The fourth-order valence-electron chi connectivity index (χ4n) is 4.17. The first-order valence-corrected chi connectivity index (χ1v) is 12.9. The average molecular weight is 684 g/mol. The number of aromatic nitrogens is 1. The van der Waals surface area contributed by atoms with E-state index in [1.807, 2.05) is 6.07 Å². The topological polar surface area (TPSA) is 154 Å². The number of pyridine rings is 1. The number of aryl methyl sites for hydroxylation is 1. The van der Waals surface area contributed by atoms with Crippen molar-refractivity contribution >= 4 is 17.9 Å². The summed E-state index contributed by atoms with van der Waals surface area (Å²) in [6, 6.07) is 10.3. The molecule has 1 unspecified atom stereocenters. The van der Waals surface area contributed by atoms with E-state index in [0.717, 1.165) is 69.6 Å². The molecular formula is C26H30F9N3O8. The van der Waals surface area contributed by atoms with E-state index < -0.39 is 36.4 Å². The van der Waals surface area contributed by atoms with Crippen LogP contribution in [-0.2, 0) is 32.2 Å². The molecule has 46 heavy (non-hydrogen) atoms. The zero-order chi connectivity index (χ0) is 35.3. The molecule has 1 atom stereocenters. The Balaban J connectivity index is 0.000000413. The number of halogens is 9. The number of likely N-dealkylation sites (tertiary alicyclic amines) is 1. The summed E-state index contributed by atoms with van der Waals surface area (Å²) in [5.41, 5.74) is 2.47. The summed E-state index contributed by atoms with van der Waals surface area (Å²) in [5.74, 6) is -7.22. The van der Waals surface area contributed by atoms with Crippen molar-refractivity contribution in [3.8, 4) is 0 Å². The van der Waals surface area contributed by atoms with Crippen molar-refractivity contribution in [2.24, 2.45) is 5.41 Å². The molecular weight excluding hydrogens is 653 g/mol. The van der Waals surface area contributed by atoms with Crippen molar-refractivity contribution in [1.82, 2.24) is 14.8 Å². The number of carboxylic acid groups (broad SMARTS) is 3. The summed E-state index contributed by atoms with van der Waals surface area (Å²) in [7, 11) is 0. The number of aliphatic carboxylic acids is 3. The second kappa shape index (κ2) is 17.1. The third kappa shape index (κ3) is 15.4. The lowest BCUT2D eigenvalue weighted by molar-refractivity contribution is -0.193. The second-order valence-corrected chi connectivity index (χ2v) is 9.98. The summed E-state index contributed by atoms with van der Waals surface area (Å²) >= 11 is 0. The predicted octanol–water partition coefficient (Wildman–Crippen LogP) is 4.61. The number of hydrogen-bond acceptors (Lipinski definition) is 8. The zero-order valence-corrected chi connectivity index (χ0v) is 24.0. The first kappa shape index (κ1) is 40.1. The Morgan fingerprint density at radius 1 is 0.804 bits per heavy atom. The summed E-state index contributed by atoms with van der Waals surface area (Å²) in [5, 5.41) is 21.4. The Kier molecular flexibility index (Phi) is 14.9. The van der Waals surface area contributed by atoms with Crippen LogP contribution in [0.1, 0.15) is 23.6 Å². The highest BCUT2D eigenvalue weighted by atomic mass is 19.4. The monoisotopic (exact) mass is 683 g/mol. The Morgan fingerprint density at radius 2 is 1.30 bits per heavy atom. The molecule has 3 N–H and O–H groups in total. The number of carboxylic acids is 3. The van der Waals surface area contributed by atoms with Crippen molar-refractivity contribution in [1.29, 1.82) is 0 Å². The van der Waals surface area contributed by atoms with Crippen LogP contribution in [0, 0.1) is 12.3 Å². The lowest BCUT2D eigenvalue weighted by Crippen LogP contribution is -2.40. The number of furan rings is 1. The number of alkyl halides is 9. The van der Waals surface area contributed by atoms with Crippen molar-refractivity contribution in [3.05, 3.63) is 53.7 Å².